The largest absolute Gasteiger partial charge is 0.371 e. The van der Waals surface area contributed by atoms with Gasteiger partial charge in [-0.1, -0.05) is 32.0 Å². The summed E-state index contributed by atoms with van der Waals surface area (Å²) in [4.78, 5) is 13.9. The Balaban J connectivity index is 1.62. The van der Waals surface area contributed by atoms with E-state index in [4.69, 9.17) is 0 Å². The number of rotatable bonds is 6. The Morgan fingerprint density at radius 3 is 2.48 bits per heavy atom. The van der Waals surface area contributed by atoms with Gasteiger partial charge in [-0.15, -0.1) is 0 Å². The normalized spacial score (nSPS) is 16.2. The molecule has 1 saturated heterocycles. The molecule has 4 heteroatoms. The fourth-order valence-corrected chi connectivity index (χ4v) is 2.65. The smallest absolute Gasteiger partial charge is 0.222 e. The van der Waals surface area contributed by atoms with Crippen molar-refractivity contribution in [3.05, 3.63) is 30.3 Å². The third kappa shape index (κ3) is 5.05. The molecule has 0 radical (unpaired) electrons. The molecule has 0 atom stereocenters. The first-order chi connectivity index (χ1) is 10.2. The molecule has 0 saturated carbocycles. The van der Waals surface area contributed by atoms with Crippen molar-refractivity contribution < 1.29 is 4.79 Å². The van der Waals surface area contributed by atoms with Gasteiger partial charge in [0.05, 0.1) is 0 Å². The van der Waals surface area contributed by atoms with Gasteiger partial charge in [-0.2, -0.15) is 0 Å². The average molecular weight is 289 g/mol. The quantitative estimate of drug-likeness (QED) is 0.788. The number of amides is 1. The Morgan fingerprint density at radius 2 is 1.86 bits per heavy atom. The van der Waals surface area contributed by atoms with Gasteiger partial charge in [0.15, 0.2) is 0 Å². The highest BCUT2D eigenvalue weighted by Crippen LogP contribution is 2.19. The predicted octanol–water partition coefficient (Wildman–Crippen LogP) is 2.02. The van der Waals surface area contributed by atoms with E-state index in [9.17, 15) is 4.79 Å². The number of nitrogens with zero attached hydrogens (tertiary/aromatic N) is 1. The second-order valence-corrected chi connectivity index (χ2v) is 6.00. The summed E-state index contributed by atoms with van der Waals surface area (Å²) in [6, 6.07) is 11.2. The first-order valence-corrected chi connectivity index (χ1v) is 7.98. The second kappa shape index (κ2) is 8.03. The van der Waals surface area contributed by atoms with Crippen molar-refractivity contribution in [2.75, 3.05) is 31.1 Å². The zero-order valence-electron chi connectivity index (χ0n) is 13.1. The molecular weight excluding hydrogens is 262 g/mol. The molecule has 0 spiro atoms. The molecule has 116 valence electrons. The zero-order valence-corrected chi connectivity index (χ0v) is 13.1. The molecule has 0 aromatic heterocycles. The highest BCUT2D eigenvalue weighted by molar-refractivity contribution is 5.77. The van der Waals surface area contributed by atoms with Crippen LogP contribution in [0.5, 0.6) is 0 Å². The van der Waals surface area contributed by atoms with Gasteiger partial charge in [0.2, 0.25) is 5.91 Å². The second-order valence-electron chi connectivity index (χ2n) is 6.00. The van der Waals surface area contributed by atoms with Gasteiger partial charge in [0.25, 0.3) is 0 Å². The summed E-state index contributed by atoms with van der Waals surface area (Å²) in [5.41, 5.74) is 1.32. The summed E-state index contributed by atoms with van der Waals surface area (Å²) >= 11 is 0. The molecule has 1 fully saturated rings. The minimum atomic E-state index is 0.0686. The van der Waals surface area contributed by atoms with Crippen LogP contribution in [0.2, 0.25) is 0 Å². The average Bonchev–Trinajstić information content (AvgIpc) is 2.52. The van der Waals surface area contributed by atoms with Crippen molar-refractivity contribution in [1.82, 2.24) is 10.6 Å². The van der Waals surface area contributed by atoms with Crippen LogP contribution in [0, 0.1) is 5.92 Å². The summed E-state index contributed by atoms with van der Waals surface area (Å²) in [5, 5.41) is 6.49. The van der Waals surface area contributed by atoms with Gasteiger partial charge in [-0.25, -0.2) is 0 Å². The van der Waals surface area contributed by atoms with E-state index >= 15 is 0 Å². The molecule has 1 aromatic rings. The first-order valence-electron chi connectivity index (χ1n) is 7.98. The van der Waals surface area contributed by atoms with E-state index in [-0.39, 0.29) is 11.8 Å². The van der Waals surface area contributed by atoms with Crippen LogP contribution in [0.1, 0.15) is 26.7 Å². The molecule has 2 rings (SSSR count). The molecule has 1 aliphatic rings. The van der Waals surface area contributed by atoms with Crippen molar-refractivity contribution in [2.24, 2.45) is 5.92 Å². The van der Waals surface area contributed by atoms with Crippen LogP contribution in [-0.2, 0) is 4.79 Å². The molecule has 1 aromatic carbocycles. The van der Waals surface area contributed by atoms with Gasteiger partial charge in [0.1, 0.15) is 0 Å². The molecule has 0 unspecified atom stereocenters. The summed E-state index contributed by atoms with van der Waals surface area (Å²) in [5.74, 6) is 0.204. The lowest BCUT2D eigenvalue weighted by atomic mass is 10.0. The number of benzene rings is 1. The number of piperidine rings is 1. The van der Waals surface area contributed by atoms with Crippen LogP contribution in [-0.4, -0.2) is 38.1 Å². The topological polar surface area (TPSA) is 44.4 Å². The van der Waals surface area contributed by atoms with Crippen molar-refractivity contribution in [3.63, 3.8) is 0 Å². The lowest BCUT2D eigenvalue weighted by Gasteiger charge is -2.34. The van der Waals surface area contributed by atoms with E-state index in [2.05, 4.69) is 45.9 Å². The standard InChI is InChI=1S/C17H27N3O/c1-14(2)17(21)19-11-10-18-15-8-12-20(13-9-15)16-6-4-3-5-7-16/h3-7,14-15,18H,8-13H2,1-2H3,(H,19,21). The molecule has 1 amide bonds. The van der Waals surface area contributed by atoms with Crippen LogP contribution in [0.15, 0.2) is 30.3 Å². The lowest BCUT2D eigenvalue weighted by Crippen LogP contribution is -2.45. The summed E-state index contributed by atoms with van der Waals surface area (Å²) in [6.07, 6.45) is 2.32. The molecule has 21 heavy (non-hydrogen) atoms. The van der Waals surface area contributed by atoms with E-state index in [1.165, 1.54) is 5.69 Å². The van der Waals surface area contributed by atoms with E-state index < -0.39 is 0 Å². The number of hydrogen-bond acceptors (Lipinski definition) is 3. The number of nitrogens with one attached hydrogen (secondary N) is 2. The molecular formula is C17H27N3O. The Bertz CT molecular complexity index is 425. The Kier molecular flexibility index (Phi) is 6.05. The Labute approximate surface area is 127 Å². The molecule has 4 nitrogen and oxygen atoms in total. The van der Waals surface area contributed by atoms with Gasteiger partial charge in [-0.3, -0.25) is 4.79 Å². The number of anilines is 1. The fraction of sp³-hybridized carbons (Fsp3) is 0.588. The van der Waals surface area contributed by atoms with Crippen LogP contribution >= 0.6 is 0 Å². The number of hydrogen-bond donors (Lipinski definition) is 2. The molecule has 0 aliphatic carbocycles. The van der Waals surface area contributed by atoms with Crippen LogP contribution < -0.4 is 15.5 Å². The van der Waals surface area contributed by atoms with Gasteiger partial charge in [-0.05, 0) is 25.0 Å². The third-order valence-electron chi connectivity index (χ3n) is 4.00. The first kappa shape index (κ1) is 15.8. The van der Waals surface area contributed by atoms with E-state index in [0.29, 0.717) is 6.04 Å². The number of para-hydroxylation sites is 1. The zero-order chi connectivity index (χ0) is 15.1. The van der Waals surface area contributed by atoms with E-state index in [0.717, 1.165) is 39.0 Å². The van der Waals surface area contributed by atoms with Gasteiger partial charge in [0, 0.05) is 43.8 Å². The Morgan fingerprint density at radius 1 is 1.19 bits per heavy atom. The Hall–Kier alpha value is -1.55. The van der Waals surface area contributed by atoms with Gasteiger partial charge >= 0.3 is 0 Å². The summed E-state index contributed by atoms with van der Waals surface area (Å²) < 4.78 is 0. The number of carbonyl (C=O) groups excluding carboxylic acids is 1. The van der Waals surface area contributed by atoms with E-state index in [1.807, 2.05) is 13.8 Å². The molecule has 0 bridgehead atoms. The minimum Gasteiger partial charge on any atom is -0.371 e. The maximum Gasteiger partial charge on any atom is 0.222 e. The predicted molar refractivity (Wildman–Crippen MR) is 87.5 cm³/mol. The maximum absolute atomic E-state index is 11.4. The maximum atomic E-state index is 11.4. The molecule has 2 N–H and O–H groups in total. The van der Waals surface area contributed by atoms with E-state index in [1.54, 1.807) is 0 Å². The monoisotopic (exact) mass is 289 g/mol. The van der Waals surface area contributed by atoms with Crippen LogP contribution in [0.4, 0.5) is 5.69 Å². The van der Waals surface area contributed by atoms with Crippen molar-refractivity contribution in [2.45, 2.75) is 32.7 Å². The van der Waals surface area contributed by atoms with Gasteiger partial charge < -0.3 is 15.5 Å². The third-order valence-corrected chi connectivity index (χ3v) is 4.00. The summed E-state index contributed by atoms with van der Waals surface area (Å²) in [6.45, 7) is 7.61. The van der Waals surface area contributed by atoms with Crippen molar-refractivity contribution >= 4 is 11.6 Å². The van der Waals surface area contributed by atoms with Crippen molar-refractivity contribution in [3.8, 4) is 0 Å². The fourth-order valence-electron chi connectivity index (χ4n) is 2.65. The van der Waals surface area contributed by atoms with Crippen molar-refractivity contribution in [1.29, 1.82) is 0 Å². The lowest BCUT2D eigenvalue weighted by molar-refractivity contribution is -0.123. The number of carbonyl (C=O) groups is 1. The highest BCUT2D eigenvalue weighted by Gasteiger charge is 2.18. The van der Waals surface area contributed by atoms with Crippen LogP contribution in [0.3, 0.4) is 0 Å². The highest BCUT2D eigenvalue weighted by atomic mass is 16.1. The minimum absolute atomic E-state index is 0.0686. The van der Waals surface area contributed by atoms with Crippen LogP contribution in [0.25, 0.3) is 0 Å². The SMILES string of the molecule is CC(C)C(=O)NCCNC1CCN(c2ccccc2)CC1. The molecule has 1 aliphatic heterocycles. The molecule has 1 heterocycles. The summed E-state index contributed by atoms with van der Waals surface area (Å²) in [7, 11) is 0.